The van der Waals surface area contributed by atoms with E-state index in [1.165, 1.54) is 21.9 Å². The lowest BCUT2D eigenvalue weighted by Crippen LogP contribution is -2.14. The Morgan fingerprint density at radius 3 is 2.38 bits per heavy atom. The third-order valence-electron chi connectivity index (χ3n) is 3.76. The number of rotatable bonds is 3. The van der Waals surface area contributed by atoms with Crippen molar-refractivity contribution in [1.29, 1.82) is 5.26 Å². The van der Waals surface area contributed by atoms with E-state index in [0.717, 1.165) is 11.1 Å². The lowest BCUT2D eigenvalue weighted by atomic mass is 10.0. The summed E-state index contributed by atoms with van der Waals surface area (Å²) in [5.41, 5.74) is 3.08. The fraction of sp³-hybridized carbons (Fsp3) is 0.0526. The number of aryl methyl sites for hydroxylation is 1. The second kappa shape index (κ2) is 6.43. The van der Waals surface area contributed by atoms with Crippen LogP contribution in [0.2, 0.25) is 0 Å². The molecule has 0 N–H and O–H groups in total. The molecule has 0 aliphatic heterocycles. The van der Waals surface area contributed by atoms with Gasteiger partial charge in [0, 0.05) is 11.8 Å². The van der Waals surface area contributed by atoms with E-state index in [-0.39, 0.29) is 5.56 Å². The van der Waals surface area contributed by atoms with Gasteiger partial charge in [-0.15, -0.1) is 5.10 Å². The minimum absolute atomic E-state index is 0.227. The Hall–Kier alpha value is -3.50. The monoisotopic (exact) mass is 360 g/mol. The largest absolute Gasteiger partial charge is 0.430 e. The summed E-state index contributed by atoms with van der Waals surface area (Å²) in [6, 6.07) is 18.4. The summed E-state index contributed by atoms with van der Waals surface area (Å²) in [5.74, 6) is 0.617. The Kier molecular flexibility index (Phi) is 3.95. The van der Waals surface area contributed by atoms with Crippen LogP contribution in [0, 0.1) is 18.3 Å². The predicted octanol–water partition coefficient (Wildman–Crippen LogP) is 3.79. The zero-order chi connectivity index (χ0) is 18.1. The highest BCUT2D eigenvalue weighted by Gasteiger charge is 2.09. The van der Waals surface area contributed by atoms with Gasteiger partial charge in [-0.25, -0.2) is 4.98 Å². The van der Waals surface area contributed by atoms with E-state index in [4.69, 9.17) is 10.00 Å². The number of hydrogen-bond donors (Lipinski definition) is 0. The third kappa shape index (κ3) is 3.06. The summed E-state index contributed by atoms with van der Waals surface area (Å²) in [6.07, 6.45) is 0. The predicted molar refractivity (Wildman–Crippen MR) is 98.5 cm³/mol. The summed E-state index contributed by atoms with van der Waals surface area (Å²) < 4.78 is 6.98. The summed E-state index contributed by atoms with van der Waals surface area (Å²) in [6.45, 7) is 1.77. The molecule has 0 spiro atoms. The molecule has 26 heavy (non-hydrogen) atoms. The van der Waals surface area contributed by atoms with Gasteiger partial charge in [0.25, 0.3) is 10.8 Å². The molecule has 0 radical (unpaired) electrons. The number of fused-ring (bicyclic) bond motifs is 1. The number of hydrogen-bond acceptors (Lipinski definition) is 6. The van der Waals surface area contributed by atoms with E-state index in [0.29, 0.717) is 27.2 Å². The molecule has 4 rings (SSSR count). The van der Waals surface area contributed by atoms with Crippen molar-refractivity contribution in [1.82, 2.24) is 14.6 Å². The second-order valence-corrected chi connectivity index (χ2v) is 6.53. The van der Waals surface area contributed by atoms with E-state index in [1.807, 2.05) is 36.4 Å². The molecule has 0 bridgehead atoms. The van der Waals surface area contributed by atoms with E-state index in [9.17, 15) is 4.79 Å². The lowest BCUT2D eigenvalue weighted by molar-refractivity contribution is 0.469. The molecule has 0 aliphatic carbocycles. The van der Waals surface area contributed by atoms with Crippen LogP contribution in [0.15, 0.2) is 59.4 Å². The number of nitrogens with zero attached hydrogens (tertiary/aromatic N) is 4. The minimum atomic E-state index is -0.227. The molecule has 0 saturated heterocycles. The first-order chi connectivity index (χ1) is 12.6. The van der Waals surface area contributed by atoms with Gasteiger partial charge in [0.2, 0.25) is 4.96 Å². The van der Waals surface area contributed by atoms with Crippen molar-refractivity contribution in [2.24, 2.45) is 0 Å². The van der Waals surface area contributed by atoms with Gasteiger partial charge in [-0.05, 0) is 53.7 Å². The average Bonchev–Trinajstić information content (AvgIpc) is 3.05. The van der Waals surface area contributed by atoms with E-state index in [2.05, 4.69) is 16.2 Å². The van der Waals surface area contributed by atoms with Gasteiger partial charge in [-0.1, -0.05) is 24.3 Å². The Bertz CT molecular complexity index is 1190. The maximum Gasteiger partial charge on any atom is 0.299 e. The van der Waals surface area contributed by atoms with E-state index < -0.39 is 0 Å². The van der Waals surface area contributed by atoms with Crippen LogP contribution in [0.5, 0.6) is 10.9 Å². The van der Waals surface area contributed by atoms with Gasteiger partial charge in [0.15, 0.2) is 0 Å². The van der Waals surface area contributed by atoms with Crippen molar-refractivity contribution in [3.63, 3.8) is 0 Å². The Morgan fingerprint density at radius 1 is 1.08 bits per heavy atom. The van der Waals surface area contributed by atoms with Crippen LogP contribution in [0.1, 0.15) is 11.3 Å². The standard InChI is InChI=1S/C19H12N4O2S/c1-12-10-17(24)23-18(21-12)26-19(22-23)25-16-8-6-15(7-9-16)14-4-2-13(11-20)3-5-14/h2-10H,1H3. The molecule has 2 heterocycles. The van der Waals surface area contributed by atoms with Crippen molar-refractivity contribution in [3.05, 3.63) is 76.2 Å². The van der Waals surface area contributed by atoms with Crippen LogP contribution in [0.3, 0.4) is 0 Å². The van der Waals surface area contributed by atoms with Gasteiger partial charge >= 0.3 is 0 Å². The molecule has 126 valence electrons. The minimum Gasteiger partial charge on any atom is -0.430 e. The Balaban J connectivity index is 1.58. The van der Waals surface area contributed by atoms with Crippen LogP contribution in [0.4, 0.5) is 0 Å². The average molecular weight is 360 g/mol. The van der Waals surface area contributed by atoms with Gasteiger partial charge in [-0.3, -0.25) is 4.79 Å². The molecule has 0 atom stereocenters. The molecule has 2 aromatic heterocycles. The number of nitriles is 1. The molecule has 2 aromatic carbocycles. The lowest BCUT2D eigenvalue weighted by Gasteiger charge is -2.04. The third-order valence-corrected chi connectivity index (χ3v) is 4.55. The van der Waals surface area contributed by atoms with Gasteiger partial charge in [-0.2, -0.15) is 9.78 Å². The van der Waals surface area contributed by atoms with E-state index >= 15 is 0 Å². The molecule has 6 nitrogen and oxygen atoms in total. The molecule has 4 aromatic rings. The molecular formula is C19H12N4O2S. The van der Waals surface area contributed by atoms with Crippen molar-refractivity contribution in [3.8, 4) is 28.1 Å². The maximum absolute atomic E-state index is 11.9. The SMILES string of the molecule is Cc1cc(=O)n2nc(Oc3ccc(-c4ccc(C#N)cc4)cc3)sc2n1. The zero-order valence-corrected chi connectivity index (χ0v) is 14.5. The Morgan fingerprint density at radius 2 is 1.73 bits per heavy atom. The van der Waals surface area contributed by atoms with Crippen LogP contribution in [-0.2, 0) is 0 Å². The number of ether oxygens (including phenoxy) is 1. The van der Waals surface area contributed by atoms with Gasteiger partial charge in [0.1, 0.15) is 5.75 Å². The van der Waals surface area contributed by atoms with Crippen molar-refractivity contribution in [2.75, 3.05) is 0 Å². The molecule has 0 saturated carbocycles. The fourth-order valence-corrected chi connectivity index (χ4v) is 3.32. The first-order valence-electron chi connectivity index (χ1n) is 7.78. The molecule has 0 amide bonds. The first kappa shape index (κ1) is 16.0. The molecule has 7 heteroatoms. The van der Waals surface area contributed by atoms with Gasteiger partial charge in [0.05, 0.1) is 11.6 Å². The quantitative estimate of drug-likeness (QED) is 0.555. The van der Waals surface area contributed by atoms with Gasteiger partial charge < -0.3 is 4.74 Å². The van der Waals surface area contributed by atoms with E-state index in [1.54, 1.807) is 19.1 Å². The molecule has 0 aliphatic rings. The normalized spacial score (nSPS) is 10.6. The maximum atomic E-state index is 11.9. The fourth-order valence-electron chi connectivity index (χ4n) is 2.50. The zero-order valence-electron chi connectivity index (χ0n) is 13.7. The van der Waals surface area contributed by atoms with Crippen LogP contribution >= 0.6 is 11.3 Å². The summed E-state index contributed by atoms with van der Waals surface area (Å²) >= 11 is 1.21. The van der Waals surface area contributed by atoms with Crippen LogP contribution < -0.4 is 10.3 Å². The molecule has 0 unspecified atom stereocenters. The summed E-state index contributed by atoms with van der Waals surface area (Å²) in [7, 11) is 0. The van der Waals surface area contributed by atoms with Crippen molar-refractivity contribution in [2.45, 2.75) is 6.92 Å². The summed E-state index contributed by atoms with van der Waals surface area (Å²) in [4.78, 5) is 16.7. The Labute approximate surface area is 152 Å². The highest BCUT2D eigenvalue weighted by atomic mass is 32.1. The highest BCUT2D eigenvalue weighted by Crippen LogP contribution is 2.28. The number of benzene rings is 2. The van der Waals surface area contributed by atoms with Crippen molar-refractivity contribution < 1.29 is 4.74 Å². The highest BCUT2D eigenvalue weighted by molar-refractivity contribution is 7.18. The summed E-state index contributed by atoms with van der Waals surface area (Å²) in [5, 5.41) is 13.4. The first-order valence-corrected chi connectivity index (χ1v) is 8.60. The molecular weight excluding hydrogens is 348 g/mol. The number of aromatic nitrogens is 3. The second-order valence-electron chi connectivity index (χ2n) is 5.61. The van der Waals surface area contributed by atoms with Crippen molar-refractivity contribution >= 4 is 16.3 Å². The molecule has 0 fully saturated rings. The smallest absolute Gasteiger partial charge is 0.299 e. The topological polar surface area (TPSA) is 80.3 Å². The van der Waals surface area contributed by atoms with Crippen LogP contribution in [-0.4, -0.2) is 14.6 Å². The van der Waals surface area contributed by atoms with Crippen LogP contribution in [0.25, 0.3) is 16.1 Å².